The molecule has 1 aromatic carbocycles. The van der Waals surface area contributed by atoms with E-state index in [0.717, 1.165) is 0 Å². The quantitative estimate of drug-likeness (QED) is 0.844. The molecule has 7 heteroatoms. The number of rotatable bonds is 2. The summed E-state index contributed by atoms with van der Waals surface area (Å²) in [7, 11) is 0. The van der Waals surface area contributed by atoms with Crippen LogP contribution >= 0.6 is 0 Å². The summed E-state index contributed by atoms with van der Waals surface area (Å²) in [5.41, 5.74) is 0.326. The van der Waals surface area contributed by atoms with Gasteiger partial charge < -0.3 is 14.8 Å². The van der Waals surface area contributed by atoms with Crippen molar-refractivity contribution in [3.05, 3.63) is 46.4 Å². The molecule has 0 bridgehead atoms. The number of hydrogen-bond donors (Lipinski definition) is 2. The highest BCUT2D eigenvalue weighted by Crippen LogP contribution is 2.32. The van der Waals surface area contributed by atoms with Crippen LogP contribution < -0.4 is 20.3 Å². The predicted octanol–water partition coefficient (Wildman–Crippen LogP) is 0.793. The molecule has 1 aliphatic rings. The summed E-state index contributed by atoms with van der Waals surface area (Å²) in [5.74, 6) is 0.817. The van der Waals surface area contributed by atoms with Gasteiger partial charge in [0.05, 0.1) is 0 Å². The summed E-state index contributed by atoms with van der Waals surface area (Å²) in [6.45, 7) is 0.992. The van der Waals surface area contributed by atoms with Crippen molar-refractivity contribution in [2.24, 2.45) is 0 Å². The van der Waals surface area contributed by atoms with E-state index in [0.29, 0.717) is 30.4 Å². The van der Waals surface area contributed by atoms with Gasteiger partial charge in [0, 0.05) is 17.8 Å². The van der Waals surface area contributed by atoms with Crippen LogP contribution in [0.4, 0.5) is 5.69 Å². The van der Waals surface area contributed by atoms with E-state index in [1.165, 1.54) is 12.1 Å². The molecule has 7 nitrogen and oxygen atoms in total. The number of amides is 1. The lowest BCUT2D eigenvalue weighted by atomic mass is 10.2. The maximum Gasteiger partial charge on any atom is 0.276 e. The Kier molecular flexibility index (Phi) is 3.08. The summed E-state index contributed by atoms with van der Waals surface area (Å²) in [5, 5.41) is 8.53. The van der Waals surface area contributed by atoms with E-state index < -0.39 is 5.91 Å². The van der Waals surface area contributed by atoms with Gasteiger partial charge in [-0.3, -0.25) is 9.59 Å². The van der Waals surface area contributed by atoms with Crippen molar-refractivity contribution in [1.82, 2.24) is 10.2 Å². The van der Waals surface area contributed by atoms with Gasteiger partial charge in [-0.15, -0.1) is 0 Å². The molecule has 1 amide bonds. The molecule has 0 fully saturated rings. The standard InChI is InChI=1S/C13H11N3O4/c17-12-4-2-9(15-16-12)13(18)14-8-1-3-10-11(7-8)20-6-5-19-10/h1-4,7H,5-6H2,(H,14,18)(H,16,17). The number of hydrogen-bond acceptors (Lipinski definition) is 5. The van der Waals surface area contributed by atoms with Crippen LogP contribution in [0.1, 0.15) is 10.5 Å². The van der Waals surface area contributed by atoms with Crippen molar-refractivity contribution in [3.8, 4) is 11.5 Å². The number of H-pyrrole nitrogens is 1. The van der Waals surface area contributed by atoms with Gasteiger partial charge in [-0.25, -0.2) is 5.10 Å². The smallest absolute Gasteiger partial charge is 0.276 e. The minimum atomic E-state index is -0.419. The molecule has 1 aliphatic heterocycles. The Balaban J connectivity index is 1.79. The fourth-order valence-electron chi connectivity index (χ4n) is 1.79. The van der Waals surface area contributed by atoms with Crippen LogP contribution in [0.2, 0.25) is 0 Å². The molecule has 102 valence electrons. The molecule has 20 heavy (non-hydrogen) atoms. The lowest BCUT2D eigenvalue weighted by Crippen LogP contribution is -2.18. The fraction of sp³-hybridized carbons (Fsp3) is 0.154. The second-order valence-electron chi connectivity index (χ2n) is 4.12. The van der Waals surface area contributed by atoms with Crippen molar-refractivity contribution in [3.63, 3.8) is 0 Å². The summed E-state index contributed by atoms with van der Waals surface area (Å²) in [4.78, 5) is 22.8. The van der Waals surface area contributed by atoms with Crippen molar-refractivity contribution in [2.45, 2.75) is 0 Å². The van der Waals surface area contributed by atoms with Crippen LogP contribution in [-0.4, -0.2) is 29.3 Å². The van der Waals surface area contributed by atoms with Gasteiger partial charge >= 0.3 is 0 Å². The lowest BCUT2D eigenvalue weighted by Gasteiger charge is -2.18. The molecule has 3 rings (SSSR count). The molecule has 0 saturated heterocycles. The van der Waals surface area contributed by atoms with Crippen molar-refractivity contribution >= 4 is 11.6 Å². The first-order chi connectivity index (χ1) is 9.72. The van der Waals surface area contributed by atoms with Gasteiger partial charge in [0.1, 0.15) is 18.9 Å². The summed E-state index contributed by atoms with van der Waals surface area (Å²) in [6.07, 6.45) is 0. The number of benzene rings is 1. The summed E-state index contributed by atoms with van der Waals surface area (Å²) >= 11 is 0. The van der Waals surface area contributed by atoms with Crippen LogP contribution in [0.5, 0.6) is 11.5 Å². The van der Waals surface area contributed by atoms with Gasteiger partial charge in [0.15, 0.2) is 11.5 Å². The SMILES string of the molecule is O=C(Nc1ccc2c(c1)OCCO2)c1ccc(=O)[nH]n1. The molecule has 2 aromatic rings. The van der Waals surface area contributed by atoms with Gasteiger partial charge in [0.25, 0.3) is 11.5 Å². The number of carbonyl (C=O) groups excluding carboxylic acids is 1. The number of nitrogens with zero attached hydrogens (tertiary/aromatic N) is 1. The monoisotopic (exact) mass is 273 g/mol. The molecule has 0 aliphatic carbocycles. The molecule has 0 saturated carbocycles. The first kappa shape index (κ1) is 12.2. The number of carbonyl (C=O) groups is 1. The Morgan fingerprint density at radius 1 is 1.15 bits per heavy atom. The highest BCUT2D eigenvalue weighted by atomic mass is 16.6. The highest BCUT2D eigenvalue weighted by molar-refractivity contribution is 6.02. The van der Waals surface area contributed by atoms with E-state index in [9.17, 15) is 9.59 Å². The average molecular weight is 273 g/mol. The third kappa shape index (κ3) is 2.46. The fourth-order valence-corrected chi connectivity index (χ4v) is 1.79. The summed E-state index contributed by atoms with van der Waals surface area (Å²) in [6, 6.07) is 7.71. The van der Waals surface area contributed by atoms with E-state index in [2.05, 4.69) is 15.5 Å². The van der Waals surface area contributed by atoms with Gasteiger partial charge in [-0.05, 0) is 18.2 Å². The molecule has 0 unspecified atom stereocenters. The third-order valence-corrected chi connectivity index (χ3v) is 2.71. The zero-order valence-electron chi connectivity index (χ0n) is 10.4. The number of fused-ring (bicyclic) bond motifs is 1. The first-order valence-electron chi connectivity index (χ1n) is 5.99. The van der Waals surface area contributed by atoms with Crippen LogP contribution in [0.25, 0.3) is 0 Å². The Hall–Kier alpha value is -2.83. The highest BCUT2D eigenvalue weighted by Gasteiger charge is 2.13. The lowest BCUT2D eigenvalue weighted by molar-refractivity contribution is 0.102. The predicted molar refractivity (Wildman–Crippen MR) is 70.2 cm³/mol. The normalized spacial score (nSPS) is 12.8. The van der Waals surface area contributed by atoms with Crippen LogP contribution in [-0.2, 0) is 0 Å². The maximum absolute atomic E-state index is 11.9. The second kappa shape index (κ2) is 5.04. The van der Waals surface area contributed by atoms with Gasteiger partial charge in [-0.2, -0.15) is 5.10 Å². The zero-order chi connectivity index (χ0) is 13.9. The van der Waals surface area contributed by atoms with Gasteiger partial charge in [0.2, 0.25) is 0 Å². The third-order valence-electron chi connectivity index (χ3n) is 2.71. The summed E-state index contributed by atoms with van der Waals surface area (Å²) < 4.78 is 10.8. The Morgan fingerprint density at radius 2 is 1.95 bits per heavy atom. The van der Waals surface area contributed by atoms with E-state index in [-0.39, 0.29) is 11.3 Å². The minimum Gasteiger partial charge on any atom is -0.486 e. The van der Waals surface area contributed by atoms with Crippen LogP contribution in [0, 0.1) is 0 Å². The average Bonchev–Trinajstić information content (AvgIpc) is 2.48. The molecule has 2 N–H and O–H groups in total. The largest absolute Gasteiger partial charge is 0.486 e. The molecule has 0 spiro atoms. The van der Waals surface area contributed by atoms with Gasteiger partial charge in [-0.1, -0.05) is 0 Å². The number of nitrogens with one attached hydrogen (secondary N) is 2. The molecular weight excluding hydrogens is 262 g/mol. The molecule has 1 aromatic heterocycles. The van der Waals surface area contributed by atoms with Crippen molar-refractivity contribution in [2.75, 3.05) is 18.5 Å². The number of anilines is 1. The number of aromatic nitrogens is 2. The van der Waals surface area contributed by atoms with Crippen molar-refractivity contribution < 1.29 is 14.3 Å². The zero-order valence-corrected chi connectivity index (χ0v) is 10.4. The van der Waals surface area contributed by atoms with Crippen LogP contribution in [0.15, 0.2) is 35.1 Å². The topological polar surface area (TPSA) is 93.3 Å². The number of ether oxygens (including phenoxy) is 2. The van der Waals surface area contributed by atoms with E-state index in [1.807, 2.05) is 0 Å². The van der Waals surface area contributed by atoms with Crippen molar-refractivity contribution in [1.29, 1.82) is 0 Å². The Morgan fingerprint density at radius 3 is 2.70 bits per heavy atom. The Bertz CT molecular complexity index is 691. The Labute approximate surface area is 113 Å². The first-order valence-corrected chi connectivity index (χ1v) is 5.99. The molecular formula is C13H11N3O4. The van der Waals surface area contributed by atoms with E-state index in [1.54, 1.807) is 18.2 Å². The second-order valence-corrected chi connectivity index (χ2v) is 4.12. The maximum atomic E-state index is 11.9. The minimum absolute atomic E-state index is 0.125. The molecule has 2 heterocycles. The van der Waals surface area contributed by atoms with E-state index in [4.69, 9.17) is 9.47 Å². The molecule has 0 radical (unpaired) electrons. The van der Waals surface area contributed by atoms with E-state index >= 15 is 0 Å². The number of aromatic amines is 1. The van der Waals surface area contributed by atoms with Crippen LogP contribution in [0.3, 0.4) is 0 Å². The molecule has 0 atom stereocenters.